The average molecular weight is 426 g/mol. The molecular weight excluding hydrogens is 400 g/mol. The summed E-state index contributed by atoms with van der Waals surface area (Å²) >= 11 is 1.54. The molecule has 0 spiro atoms. The Morgan fingerprint density at radius 1 is 1.28 bits per heavy atom. The number of amides is 2. The average Bonchev–Trinajstić information content (AvgIpc) is 3.19. The molecule has 0 radical (unpaired) electrons. The highest BCUT2D eigenvalue weighted by Gasteiger charge is 2.60. The lowest BCUT2D eigenvalue weighted by atomic mass is 9.79. The molecule has 3 fully saturated rings. The number of thioether (sulfide) groups is 1. The van der Waals surface area contributed by atoms with Crippen molar-refractivity contribution in [1.29, 1.82) is 0 Å². The Kier molecular flexibility index (Phi) is 5.49. The van der Waals surface area contributed by atoms with E-state index in [-0.39, 0.29) is 47.0 Å². The van der Waals surface area contributed by atoms with E-state index in [9.17, 15) is 19.5 Å². The molecule has 4 aliphatic heterocycles. The van der Waals surface area contributed by atoms with Gasteiger partial charge in [0.25, 0.3) is 0 Å². The van der Waals surface area contributed by atoms with E-state index in [4.69, 9.17) is 9.84 Å². The van der Waals surface area contributed by atoms with Gasteiger partial charge in [-0.15, -0.1) is 11.8 Å². The molecule has 1 unspecified atom stereocenters. The zero-order chi connectivity index (χ0) is 20.9. The number of β-lactam (4-membered cyclic amide) rings is 1. The van der Waals surface area contributed by atoms with Crippen molar-refractivity contribution in [3.63, 3.8) is 0 Å². The number of rotatable bonds is 5. The molecule has 0 aromatic rings. The van der Waals surface area contributed by atoms with Crippen LogP contribution in [0.4, 0.5) is 4.79 Å². The molecule has 2 amide bonds. The standard InChI is InChI=1S/C18H26N4O6S/c1-7-14-13(8(2)23)16(25)22(14)17(28-18(26)27)15(7)29-9-3-10(19-4-9)11-5-21-12(24)6-20-11/h7-11,13-14,19-20,23H,3-6H2,1-2H3,(H,21,24)(H,26,27)/t7-,8-,9+,10+,11?,13-,14-/m1/s1. The molecule has 3 saturated heterocycles. The van der Waals surface area contributed by atoms with Crippen LogP contribution in [0.2, 0.25) is 0 Å². The van der Waals surface area contributed by atoms with E-state index < -0.39 is 18.2 Å². The number of nitrogens with zero attached hydrogens (tertiary/aromatic N) is 1. The Balaban J connectivity index is 1.47. The van der Waals surface area contributed by atoms with E-state index in [1.165, 1.54) is 4.90 Å². The van der Waals surface area contributed by atoms with Crippen LogP contribution >= 0.6 is 11.8 Å². The Labute approximate surface area is 172 Å². The molecular formula is C18H26N4O6S. The highest BCUT2D eigenvalue weighted by Crippen LogP contribution is 2.52. The summed E-state index contributed by atoms with van der Waals surface area (Å²) in [7, 11) is 0. The largest absolute Gasteiger partial charge is 0.512 e. The van der Waals surface area contributed by atoms with Gasteiger partial charge in [-0.3, -0.25) is 14.5 Å². The van der Waals surface area contributed by atoms with Crippen LogP contribution in [0.1, 0.15) is 20.3 Å². The second kappa shape index (κ2) is 7.78. The number of fused-ring (bicyclic) bond motifs is 1. The number of aliphatic hydroxyl groups is 1. The fourth-order valence-electron chi connectivity index (χ4n) is 4.78. The number of aliphatic hydroxyl groups excluding tert-OH is 1. The van der Waals surface area contributed by atoms with Crippen molar-refractivity contribution in [1.82, 2.24) is 20.9 Å². The molecule has 29 heavy (non-hydrogen) atoms. The lowest BCUT2D eigenvalue weighted by Crippen LogP contribution is -2.63. The van der Waals surface area contributed by atoms with Gasteiger partial charge < -0.3 is 30.9 Å². The third-order valence-corrected chi connectivity index (χ3v) is 7.69. The van der Waals surface area contributed by atoms with Gasteiger partial charge in [-0.1, -0.05) is 6.92 Å². The number of carboxylic acid groups (broad SMARTS) is 1. The Morgan fingerprint density at radius 3 is 2.66 bits per heavy atom. The fourth-order valence-corrected chi connectivity index (χ4v) is 6.21. The van der Waals surface area contributed by atoms with E-state index >= 15 is 0 Å². The first-order valence-corrected chi connectivity index (χ1v) is 10.7. The van der Waals surface area contributed by atoms with Crippen LogP contribution in [0.15, 0.2) is 10.8 Å². The molecule has 7 atom stereocenters. The number of piperazine rings is 1. The topological polar surface area (TPSA) is 140 Å². The maximum Gasteiger partial charge on any atom is 0.512 e. The molecule has 4 heterocycles. The van der Waals surface area contributed by atoms with Crippen LogP contribution in [0.3, 0.4) is 0 Å². The smallest absolute Gasteiger partial charge is 0.449 e. The van der Waals surface area contributed by atoms with E-state index in [1.807, 2.05) is 6.92 Å². The summed E-state index contributed by atoms with van der Waals surface area (Å²) in [5.74, 6) is -0.869. The lowest BCUT2D eigenvalue weighted by Gasteiger charge is -2.45. The summed E-state index contributed by atoms with van der Waals surface area (Å²) in [6.45, 7) is 5.13. The minimum Gasteiger partial charge on any atom is -0.449 e. The van der Waals surface area contributed by atoms with Crippen molar-refractivity contribution in [2.75, 3.05) is 19.6 Å². The summed E-state index contributed by atoms with van der Waals surface area (Å²) in [6.07, 6.45) is -1.41. The zero-order valence-electron chi connectivity index (χ0n) is 16.3. The number of ether oxygens (including phenoxy) is 1. The molecule has 0 aliphatic carbocycles. The summed E-state index contributed by atoms with van der Waals surface area (Å²) in [4.78, 5) is 37.2. The Bertz CT molecular complexity index is 749. The van der Waals surface area contributed by atoms with E-state index in [2.05, 4.69) is 16.0 Å². The third-order valence-electron chi connectivity index (χ3n) is 6.20. The first-order valence-electron chi connectivity index (χ1n) is 9.84. The summed E-state index contributed by atoms with van der Waals surface area (Å²) in [5, 5.41) is 28.9. The minimum absolute atomic E-state index is 0.00701. The second-order valence-corrected chi connectivity index (χ2v) is 9.42. The van der Waals surface area contributed by atoms with E-state index in [0.29, 0.717) is 13.1 Å². The van der Waals surface area contributed by atoms with E-state index in [1.54, 1.807) is 18.7 Å². The molecule has 160 valence electrons. The monoisotopic (exact) mass is 426 g/mol. The Morgan fingerprint density at radius 2 is 2.03 bits per heavy atom. The highest BCUT2D eigenvalue weighted by molar-refractivity contribution is 8.03. The van der Waals surface area contributed by atoms with Gasteiger partial charge in [0.15, 0.2) is 0 Å². The summed E-state index contributed by atoms with van der Waals surface area (Å²) < 4.78 is 5.01. The zero-order valence-corrected chi connectivity index (χ0v) is 17.1. The molecule has 0 aromatic carbocycles. The SMILES string of the molecule is C[C@@H](O)[C@H]1C(=O)N2C(OC(=O)O)=C(S[C@@H]3CN[C@H](C4CNC(=O)CN4)C3)[C@H](C)[C@H]12. The maximum absolute atomic E-state index is 12.5. The van der Waals surface area contributed by atoms with Crippen LogP contribution in [0.5, 0.6) is 0 Å². The number of hydrogen-bond donors (Lipinski definition) is 5. The molecule has 10 nitrogen and oxygen atoms in total. The molecule has 0 saturated carbocycles. The van der Waals surface area contributed by atoms with Gasteiger partial charge in [-0.2, -0.15) is 0 Å². The van der Waals surface area contributed by atoms with Gasteiger partial charge in [-0.25, -0.2) is 4.79 Å². The molecule has 11 heteroatoms. The van der Waals surface area contributed by atoms with Gasteiger partial charge >= 0.3 is 6.16 Å². The highest BCUT2D eigenvalue weighted by atomic mass is 32.2. The van der Waals surface area contributed by atoms with Gasteiger partial charge in [0.05, 0.1) is 29.5 Å². The van der Waals surface area contributed by atoms with Crippen LogP contribution in [0, 0.1) is 11.8 Å². The molecule has 0 aromatic heterocycles. The van der Waals surface area contributed by atoms with Crippen molar-refractivity contribution in [3.05, 3.63) is 10.8 Å². The Hall–Kier alpha value is -1.82. The summed E-state index contributed by atoms with van der Waals surface area (Å²) in [5.41, 5.74) is 0. The van der Waals surface area contributed by atoms with Crippen LogP contribution in [-0.4, -0.2) is 82.2 Å². The molecule has 4 aliphatic rings. The van der Waals surface area contributed by atoms with Crippen molar-refractivity contribution in [2.24, 2.45) is 11.8 Å². The molecule has 4 rings (SSSR count). The molecule has 0 bridgehead atoms. The van der Waals surface area contributed by atoms with Crippen molar-refractivity contribution in [2.45, 2.75) is 49.7 Å². The lowest BCUT2D eigenvalue weighted by molar-refractivity contribution is -0.163. The summed E-state index contributed by atoms with van der Waals surface area (Å²) in [6, 6.07) is 0.0574. The van der Waals surface area contributed by atoms with Crippen molar-refractivity contribution < 1.29 is 29.3 Å². The maximum atomic E-state index is 12.5. The second-order valence-electron chi connectivity index (χ2n) is 8.07. The van der Waals surface area contributed by atoms with Crippen molar-refractivity contribution >= 4 is 29.7 Å². The number of carbonyl (C=O) groups is 3. The van der Waals surface area contributed by atoms with Gasteiger partial charge in [0.2, 0.25) is 17.7 Å². The van der Waals surface area contributed by atoms with Crippen LogP contribution < -0.4 is 16.0 Å². The van der Waals surface area contributed by atoms with Crippen molar-refractivity contribution in [3.8, 4) is 0 Å². The fraction of sp³-hybridized carbons (Fsp3) is 0.722. The molecule has 5 N–H and O–H groups in total. The number of carbonyl (C=O) groups excluding carboxylic acids is 2. The predicted octanol–water partition coefficient (Wildman–Crippen LogP) is -0.741. The first-order chi connectivity index (χ1) is 13.8. The van der Waals surface area contributed by atoms with Gasteiger partial charge in [0.1, 0.15) is 0 Å². The van der Waals surface area contributed by atoms with Crippen LogP contribution in [0.25, 0.3) is 0 Å². The van der Waals surface area contributed by atoms with Gasteiger partial charge in [-0.05, 0) is 13.3 Å². The normalized spacial score (nSPS) is 37.8. The number of hydrogen-bond acceptors (Lipinski definition) is 8. The predicted molar refractivity (Wildman–Crippen MR) is 104 cm³/mol. The van der Waals surface area contributed by atoms with Gasteiger partial charge in [0, 0.05) is 36.3 Å². The first kappa shape index (κ1) is 20.5. The minimum atomic E-state index is -1.45. The quantitative estimate of drug-likeness (QED) is 0.284. The van der Waals surface area contributed by atoms with Crippen LogP contribution in [-0.2, 0) is 14.3 Å². The number of nitrogens with one attached hydrogen (secondary N) is 3. The van der Waals surface area contributed by atoms with E-state index in [0.717, 1.165) is 17.9 Å². The third kappa shape index (κ3) is 3.60.